The molecule has 2 heterocycles. The number of amides is 1. The number of rotatable bonds is 7. The quantitative estimate of drug-likeness (QED) is 0.745. The number of carbonyl (C=O) groups is 1. The second-order valence-electron chi connectivity index (χ2n) is 8.27. The summed E-state index contributed by atoms with van der Waals surface area (Å²) in [5.41, 5.74) is 0.196. The third kappa shape index (κ3) is 4.79. The Morgan fingerprint density at radius 2 is 2.00 bits per heavy atom. The molecule has 1 aliphatic rings. The van der Waals surface area contributed by atoms with Crippen molar-refractivity contribution >= 4 is 16.7 Å². The summed E-state index contributed by atoms with van der Waals surface area (Å²) in [5.74, 6) is 0.0641. The molecule has 1 aromatic heterocycles. The molecule has 0 bridgehead atoms. The highest BCUT2D eigenvalue weighted by atomic mass is 16.2. The number of hydrogen-bond donors (Lipinski definition) is 1. The molecule has 1 amide bonds. The Bertz CT molecular complexity index is 874. The van der Waals surface area contributed by atoms with E-state index in [1.54, 1.807) is 12.1 Å². The summed E-state index contributed by atoms with van der Waals surface area (Å²) in [4.78, 5) is 28.0. The van der Waals surface area contributed by atoms with Crippen LogP contribution in [0.25, 0.3) is 10.8 Å². The number of likely N-dealkylation sites (tertiary alicyclic amines) is 1. The minimum absolute atomic E-state index is 0.139. The molecule has 2 aromatic rings. The van der Waals surface area contributed by atoms with Crippen molar-refractivity contribution in [3.63, 3.8) is 0 Å². The van der Waals surface area contributed by atoms with E-state index in [4.69, 9.17) is 0 Å². The van der Waals surface area contributed by atoms with Crippen molar-refractivity contribution in [2.75, 3.05) is 19.6 Å². The van der Waals surface area contributed by atoms with Gasteiger partial charge in [0, 0.05) is 31.1 Å². The first-order valence-electron chi connectivity index (χ1n) is 10.5. The maximum atomic E-state index is 12.8. The van der Waals surface area contributed by atoms with Crippen LogP contribution >= 0.6 is 0 Å². The predicted molar refractivity (Wildman–Crippen MR) is 113 cm³/mol. The van der Waals surface area contributed by atoms with Gasteiger partial charge in [-0.1, -0.05) is 38.5 Å². The van der Waals surface area contributed by atoms with Gasteiger partial charge >= 0.3 is 0 Å². The molecule has 28 heavy (non-hydrogen) atoms. The molecule has 1 fully saturated rings. The number of piperidine rings is 1. The van der Waals surface area contributed by atoms with E-state index >= 15 is 0 Å². The van der Waals surface area contributed by atoms with E-state index in [0.29, 0.717) is 35.6 Å². The van der Waals surface area contributed by atoms with Crippen LogP contribution in [0.15, 0.2) is 29.1 Å². The number of nitrogens with zero attached hydrogens (tertiary/aromatic N) is 3. The smallest absolute Gasteiger partial charge is 0.274 e. The number of aromatic nitrogens is 2. The molecular weight excluding hydrogens is 352 g/mol. The molecule has 0 radical (unpaired) electrons. The number of nitrogens with one attached hydrogen (secondary N) is 1. The Morgan fingerprint density at radius 3 is 2.71 bits per heavy atom. The van der Waals surface area contributed by atoms with Crippen molar-refractivity contribution in [3.8, 4) is 0 Å². The number of carbonyl (C=O) groups excluding carboxylic acids is 1. The summed E-state index contributed by atoms with van der Waals surface area (Å²) >= 11 is 0. The Balaban J connectivity index is 1.70. The van der Waals surface area contributed by atoms with Crippen LogP contribution < -0.4 is 10.9 Å². The van der Waals surface area contributed by atoms with E-state index in [2.05, 4.69) is 22.2 Å². The zero-order chi connectivity index (χ0) is 20.1. The lowest BCUT2D eigenvalue weighted by Crippen LogP contribution is -2.39. The highest BCUT2D eigenvalue weighted by molar-refractivity contribution is 6.04. The SMILES string of the molecule is CC(C)Cn1nc(C(=O)NCCCN2CCCC[C@@H]2C)c2ccccc2c1=O. The summed E-state index contributed by atoms with van der Waals surface area (Å²) in [6, 6.07) is 7.86. The van der Waals surface area contributed by atoms with Crippen molar-refractivity contribution in [2.45, 2.75) is 59.0 Å². The average molecular weight is 385 g/mol. The van der Waals surface area contributed by atoms with Gasteiger partial charge in [-0.25, -0.2) is 4.68 Å². The standard InChI is InChI=1S/C22H32N4O2/c1-16(2)15-26-22(28)19-11-5-4-10-18(19)20(24-26)21(27)23-12-8-14-25-13-7-6-9-17(25)3/h4-5,10-11,16-17H,6-9,12-15H2,1-3H3,(H,23,27)/t17-/m0/s1. The first-order valence-corrected chi connectivity index (χ1v) is 10.5. The topological polar surface area (TPSA) is 67.2 Å². The van der Waals surface area contributed by atoms with Crippen LogP contribution in [0.1, 0.15) is 56.9 Å². The molecular formula is C22H32N4O2. The molecule has 0 aliphatic carbocycles. The minimum Gasteiger partial charge on any atom is -0.351 e. The molecule has 1 saturated heterocycles. The van der Waals surface area contributed by atoms with Crippen molar-refractivity contribution in [3.05, 3.63) is 40.3 Å². The van der Waals surface area contributed by atoms with Crippen LogP contribution in [0.2, 0.25) is 0 Å². The molecule has 0 spiro atoms. The van der Waals surface area contributed by atoms with Gasteiger partial charge in [0.1, 0.15) is 0 Å². The summed E-state index contributed by atoms with van der Waals surface area (Å²) in [6.07, 6.45) is 4.77. The van der Waals surface area contributed by atoms with E-state index in [-0.39, 0.29) is 17.4 Å². The Kier molecular flexibility index (Phi) is 6.83. The fourth-order valence-corrected chi connectivity index (χ4v) is 3.93. The highest BCUT2D eigenvalue weighted by Gasteiger charge is 2.19. The predicted octanol–water partition coefficient (Wildman–Crippen LogP) is 3.05. The molecule has 1 aromatic carbocycles. The fraction of sp³-hybridized carbons (Fsp3) is 0.591. The maximum absolute atomic E-state index is 12.8. The van der Waals surface area contributed by atoms with E-state index in [0.717, 1.165) is 19.5 Å². The lowest BCUT2D eigenvalue weighted by molar-refractivity contribution is 0.0943. The zero-order valence-electron chi connectivity index (χ0n) is 17.3. The number of benzene rings is 1. The van der Waals surface area contributed by atoms with Crippen LogP contribution in [-0.4, -0.2) is 46.3 Å². The summed E-state index contributed by atoms with van der Waals surface area (Å²) in [7, 11) is 0. The normalized spacial score (nSPS) is 17.9. The minimum atomic E-state index is -0.208. The van der Waals surface area contributed by atoms with Gasteiger partial charge in [-0.05, 0) is 44.7 Å². The van der Waals surface area contributed by atoms with Crippen LogP contribution in [0, 0.1) is 5.92 Å². The molecule has 0 saturated carbocycles. The molecule has 1 aliphatic heterocycles. The average Bonchev–Trinajstić information content (AvgIpc) is 2.68. The molecule has 0 unspecified atom stereocenters. The maximum Gasteiger partial charge on any atom is 0.274 e. The Hall–Kier alpha value is -2.21. The third-order valence-corrected chi connectivity index (χ3v) is 5.47. The van der Waals surface area contributed by atoms with Gasteiger partial charge in [-0.2, -0.15) is 5.10 Å². The Morgan fingerprint density at radius 1 is 1.25 bits per heavy atom. The Labute approximate surface area is 166 Å². The van der Waals surface area contributed by atoms with Crippen LogP contribution in [0.3, 0.4) is 0 Å². The largest absolute Gasteiger partial charge is 0.351 e. The second-order valence-corrected chi connectivity index (χ2v) is 8.27. The molecule has 1 N–H and O–H groups in total. The van der Waals surface area contributed by atoms with Gasteiger partial charge in [-0.3, -0.25) is 9.59 Å². The van der Waals surface area contributed by atoms with Crippen LogP contribution in [0.5, 0.6) is 0 Å². The third-order valence-electron chi connectivity index (χ3n) is 5.47. The van der Waals surface area contributed by atoms with Crippen molar-refractivity contribution in [1.82, 2.24) is 20.0 Å². The van der Waals surface area contributed by atoms with Gasteiger partial charge in [0.15, 0.2) is 5.69 Å². The first-order chi connectivity index (χ1) is 13.5. The van der Waals surface area contributed by atoms with Gasteiger partial charge in [-0.15, -0.1) is 0 Å². The summed E-state index contributed by atoms with van der Waals surface area (Å²) in [6.45, 7) is 9.61. The fourth-order valence-electron chi connectivity index (χ4n) is 3.93. The molecule has 6 heteroatoms. The van der Waals surface area contributed by atoms with Gasteiger partial charge in [0.25, 0.3) is 11.5 Å². The number of hydrogen-bond acceptors (Lipinski definition) is 4. The van der Waals surface area contributed by atoms with Gasteiger partial charge < -0.3 is 10.2 Å². The lowest BCUT2D eigenvalue weighted by atomic mass is 10.0. The van der Waals surface area contributed by atoms with Crippen molar-refractivity contribution in [1.29, 1.82) is 0 Å². The van der Waals surface area contributed by atoms with E-state index in [9.17, 15) is 9.59 Å². The monoisotopic (exact) mass is 384 g/mol. The van der Waals surface area contributed by atoms with Crippen LogP contribution in [-0.2, 0) is 6.54 Å². The summed E-state index contributed by atoms with van der Waals surface area (Å²) < 4.78 is 1.43. The van der Waals surface area contributed by atoms with Gasteiger partial charge in [0.2, 0.25) is 0 Å². The van der Waals surface area contributed by atoms with Crippen molar-refractivity contribution in [2.24, 2.45) is 5.92 Å². The number of fused-ring (bicyclic) bond motifs is 1. The molecule has 3 rings (SSSR count). The lowest BCUT2D eigenvalue weighted by Gasteiger charge is -2.33. The zero-order valence-corrected chi connectivity index (χ0v) is 17.3. The van der Waals surface area contributed by atoms with Gasteiger partial charge in [0.05, 0.1) is 5.39 Å². The van der Waals surface area contributed by atoms with E-state index < -0.39 is 0 Å². The van der Waals surface area contributed by atoms with E-state index in [1.165, 1.54) is 23.9 Å². The molecule has 6 nitrogen and oxygen atoms in total. The second kappa shape index (κ2) is 9.32. The molecule has 152 valence electrons. The first kappa shape index (κ1) is 20.5. The van der Waals surface area contributed by atoms with Crippen LogP contribution in [0.4, 0.5) is 0 Å². The van der Waals surface area contributed by atoms with Crippen molar-refractivity contribution < 1.29 is 4.79 Å². The summed E-state index contributed by atoms with van der Waals surface area (Å²) in [5, 5.41) is 8.57. The highest BCUT2D eigenvalue weighted by Crippen LogP contribution is 2.16. The molecule has 1 atom stereocenters. The van der Waals surface area contributed by atoms with E-state index in [1.807, 2.05) is 26.0 Å².